The third-order valence-corrected chi connectivity index (χ3v) is 5.39. The Labute approximate surface area is 174 Å². The number of nitrogen functional groups attached to an aromatic ring is 1. The summed E-state index contributed by atoms with van der Waals surface area (Å²) in [7, 11) is 1.16. The maximum atomic E-state index is 14.8. The van der Waals surface area contributed by atoms with E-state index in [1.54, 1.807) is 4.90 Å². The molecule has 2 heterocycles. The van der Waals surface area contributed by atoms with Crippen LogP contribution in [0.1, 0.15) is 10.4 Å². The van der Waals surface area contributed by atoms with Crippen LogP contribution in [0.25, 0.3) is 0 Å². The molecule has 0 saturated carbocycles. The Bertz CT molecular complexity index is 1160. The first kappa shape index (κ1) is 20.7. The van der Waals surface area contributed by atoms with Crippen LogP contribution in [0.4, 0.5) is 31.5 Å². The summed E-state index contributed by atoms with van der Waals surface area (Å²) in [6.07, 6.45) is 0.658. The van der Waals surface area contributed by atoms with Crippen LogP contribution in [-0.4, -0.2) is 43.1 Å². The molecule has 1 saturated heterocycles. The second kappa shape index (κ2) is 7.01. The van der Waals surface area contributed by atoms with Crippen molar-refractivity contribution in [2.24, 2.45) is 5.73 Å². The van der Waals surface area contributed by atoms with Gasteiger partial charge in [0.15, 0.2) is 16.9 Å². The lowest BCUT2D eigenvalue weighted by Crippen LogP contribution is -2.56. The quantitative estimate of drug-likeness (QED) is 0.288. The maximum absolute atomic E-state index is 14.8. The summed E-state index contributed by atoms with van der Waals surface area (Å²) in [5.41, 5.74) is 9.23. The Balaban J connectivity index is 2.02. The van der Waals surface area contributed by atoms with E-state index in [2.05, 4.69) is 0 Å². The molecule has 1 fully saturated rings. The number of benzene rings is 2. The molecule has 11 heteroatoms. The largest absolute Gasteiger partial charge is 0.617 e. The molecule has 0 bridgehead atoms. The Kier molecular flexibility index (Phi) is 4.69. The molecule has 0 radical (unpaired) electrons. The number of carboxylic acids is 1. The number of carbonyl (C=O) groups excluding carboxylic acids is 1. The molecule has 1 atom stereocenters. The van der Waals surface area contributed by atoms with Gasteiger partial charge in [-0.05, 0) is 12.1 Å². The summed E-state index contributed by atoms with van der Waals surface area (Å²) in [4.78, 5) is 25.9. The molecular formula is C20H18F2N4O5. The third kappa shape index (κ3) is 3.02. The minimum absolute atomic E-state index is 0.0350. The van der Waals surface area contributed by atoms with Gasteiger partial charge in [-0.25, -0.2) is 13.6 Å². The number of quaternary nitrogens is 1. The normalized spacial score (nSPS) is 20.7. The molecule has 0 amide bonds. The maximum Gasteiger partial charge on any atom is 0.345 e. The number of carboxylic acid groups (broad SMARTS) is 1. The molecule has 2 aliphatic rings. The van der Waals surface area contributed by atoms with Crippen molar-refractivity contribution >= 4 is 34.5 Å². The minimum atomic E-state index is -1.67. The van der Waals surface area contributed by atoms with Gasteiger partial charge in [0.05, 0.1) is 18.4 Å². The number of nitrogens with zero attached hydrogens (tertiary/aromatic N) is 2. The van der Waals surface area contributed by atoms with Crippen molar-refractivity contribution < 1.29 is 28.2 Å². The lowest BCUT2D eigenvalue weighted by Gasteiger charge is -2.43. The number of Topliss-reactive ketones (excluding diaryl/α,β-unsaturated/α-hetero) is 1. The fourth-order valence-corrected chi connectivity index (χ4v) is 3.81. The van der Waals surface area contributed by atoms with E-state index in [4.69, 9.17) is 16.2 Å². The molecule has 31 heavy (non-hydrogen) atoms. The number of rotatable bonds is 4. The van der Waals surface area contributed by atoms with Gasteiger partial charge in [0.25, 0.3) is 0 Å². The minimum Gasteiger partial charge on any atom is -0.617 e. The average Bonchev–Trinajstić information content (AvgIpc) is 2.70. The van der Waals surface area contributed by atoms with Crippen molar-refractivity contribution in [2.75, 3.05) is 30.8 Å². The number of fused-ring (bicyclic) bond motifs is 1. The lowest BCUT2D eigenvalue weighted by atomic mass is 9.95. The molecule has 162 valence electrons. The van der Waals surface area contributed by atoms with Gasteiger partial charge in [0.1, 0.15) is 23.5 Å². The van der Waals surface area contributed by atoms with Crippen LogP contribution in [0.5, 0.6) is 5.75 Å². The zero-order valence-corrected chi connectivity index (χ0v) is 16.3. The van der Waals surface area contributed by atoms with Crippen molar-refractivity contribution in [3.05, 3.63) is 58.4 Å². The van der Waals surface area contributed by atoms with E-state index >= 15 is 0 Å². The number of ether oxygens (including phenoxy) is 1. The van der Waals surface area contributed by atoms with Gasteiger partial charge in [-0.1, -0.05) is 0 Å². The van der Waals surface area contributed by atoms with Crippen molar-refractivity contribution in [3.8, 4) is 5.75 Å². The highest BCUT2D eigenvalue weighted by Gasteiger charge is 2.42. The van der Waals surface area contributed by atoms with E-state index in [1.807, 2.05) is 0 Å². The number of hydrogen-bond donors (Lipinski definition) is 3. The van der Waals surface area contributed by atoms with Gasteiger partial charge < -0.3 is 31.4 Å². The lowest BCUT2D eigenvalue weighted by molar-refractivity contribution is -0.132. The Morgan fingerprint density at radius 1 is 1.26 bits per heavy atom. The number of anilines is 2. The fourth-order valence-electron chi connectivity index (χ4n) is 3.81. The number of carbonyl (C=O) groups is 2. The molecule has 0 aromatic heterocycles. The highest BCUT2D eigenvalue weighted by molar-refractivity contribution is 6.27. The molecule has 5 N–H and O–H groups in total. The van der Waals surface area contributed by atoms with Gasteiger partial charge in [-0.2, -0.15) is 0 Å². The summed E-state index contributed by atoms with van der Waals surface area (Å²) in [5.74, 6) is -4.67. The topological polar surface area (TPSA) is 142 Å². The fraction of sp³-hybridized carbons (Fsp3) is 0.200. The van der Waals surface area contributed by atoms with Gasteiger partial charge in [0, 0.05) is 31.3 Å². The number of hydroxylamine groups is 1. The summed E-state index contributed by atoms with van der Waals surface area (Å²) >= 11 is 0. The number of ketones is 1. The molecule has 4 rings (SSSR count). The van der Waals surface area contributed by atoms with Crippen LogP contribution >= 0.6 is 0 Å². The smallest absolute Gasteiger partial charge is 0.345 e. The monoisotopic (exact) mass is 432 g/mol. The summed E-state index contributed by atoms with van der Waals surface area (Å²) in [6, 6.07) is 3.84. The third-order valence-electron chi connectivity index (χ3n) is 5.39. The van der Waals surface area contributed by atoms with Gasteiger partial charge in [-0.15, -0.1) is 0 Å². The van der Waals surface area contributed by atoms with Crippen molar-refractivity contribution in [3.63, 3.8) is 0 Å². The Morgan fingerprint density at radius 2 is 1.94 bits per heavy atom. The van der Waals surface area contributed by atoms with Crippen LogP contribution in [-0.2, 0) is 4.79 Å². The summed E-state index contributed by atoms with van der Waals surface area (Å²) in [5, 5.41) is 23.6. The van der Waals surface area contributed by atoms with E-state index in [0.717, 1.165) is 25.3 Å². The summed E-state index contributed by atoms with van der Waals surface area (Å²) < 4.78 is 32.2. The van der Waals surface area contributed by atoms with Gasteiger partial charge in [0.2, 0.25) is 11.5 Å². The highest BCUT2D eigenvalue weighted by atomic mass is 19.1. The van der Waals surface area contributed by atoms with Crippen LogP contribution in [0.3, 0.4) is 0 Å². The van der Waals surface area contributed by atoms with Gasteiger partial charge >= 0.3 is 5.97 Å². The molecule has 9 nitrogen and oxygen atoms in total. The Hall–Kier alpha value is -3.54. The zero-order valence-electron chi connectivity index (χ0n) is 16.3. The number of halogens is 2. The van der Waals surface area contributed by atoms with Crippen molar-refractivity contribution in [1.82, 2.24) is 4.65 Å². The molecule has 2 aromatic carbocycles. The zero-order chi connectivity index (χ0) is 22.7. The predicted molar refractivity (Wildman–Crippen MR) is 109 cm³/mol. The van der Waals surface area contributed by atoms with Crippen LogP contribution in [0.2, 0.25) is 0 Å². The average molecular weight is 432 g/mol. The number of nitrogens with two attached hydrogens (primary N) is 2. The van der Waals surface area contributed by atoms with Crippen LogP contribution in [0.15, 0.2) is 36.0 Å². The van der Waals surface area contributed by atoms with Crippen LogP contribution < -0.4 is 25.8 Å². The highest BCUT2D eigenvalue weighted by Crippen LogP contribution is 2.49. The molecule has 1 unspecified atom stereocenters. The van der Waals surface area contributed by atoms with E-state index in [9.17, 15) is 28.7 Å². The molecule has 2 aliphatic heterocycles. The SMILES string of the molecule is COc1c([N+]2([O-])C=C(C(=O)O)C(=O)c3cc(F)c(N4CC(N)C4)cc32)ccc(F)c1N. The first-order valence-corrected chi connectivity index (χ1v) is 9.16. The Morgan fingerprint density at radius 3 is 2.52 bits per heavy atom. The second-order valence-corrected chi connectivity index (χ2v) is 7.33. The predicted octanol–water partition coefficient (Wildman–Crippen LogP) is 2.00. The van der Waals surface area contributed by atoms with Gasteiger partial charge in [-0.3, -0.25) is 9.44 Å². The first-order valence-electron chi connectivity index (χ1n) is 9.16. The number of aliphatic carboxylic acids is 1. The number of methoxy groups -OCH3 is 1. The number of hydrogen-bond acceptors (Lipinski definition) is 7. The van der Waals surface area contributed by atoms with Crippen molar-refractivity contribution in [1.29, 1.82) is 0 Å². The first-order chi connectivity index (χ1) is 14.6. The van der Waals surface area contributed by atoms with Crippen LogP contribution in [0, 0.1) is 16.8 Å². The second-order valence-electron chi connectivity index (χ2n) is 7.33. The molecule has 0 spiro atoms. The van der Waals surface area contributed by atoms with E-state index < -0.39 is 44.9 Å². The van der Waals surface area contributed by atoms with E-state index in [-0.39, 0.29) is 28.9 Å². The standard InChI is InChI=1S/C20H18F2N4O5/c1-31-19-15(3-2-12(21)17(19)24)26(30)8-11(20(28)29)18(27)10-4-13(22)14(5-16(10)26)25-6-9(23)7-25/h2-5,8-9H,6-7,23-24H2,1H3,(H,28,29). The van der Waals surface area contributed by atoms with E-state index in [0.29, 0.717) is 19.3 Å². The molecule has 2 aromatic rings. The van der Waals surface area contributed by atoms with E-state index in [1.165, 1.54) is 6.07 Å². The van der Waals surface area contributed by atoms with Crippen molar-refractivity contribution in [2.45, 2.75) is 6.04 Å². The molecular weight excluding hydrogens is 414 g/mol. The molecule has 0 aliphatic carbocycles. The summed E-state index contributed by atoms with van der Waals surface area (Å²) in [6.45, 7) is 0.678.